The minimum absolute atomic E-state index is 1.03. The molecule has 170 valence electrons. The van der Waals surface area contributed by atoms with Gasteiger partial charge in [0.25, 0.3) is 0 Å². The fourth-order valence-corrected chi connectivity index (χ4v) is 4.13. The molecule has 1 heteroatoms. The highest BCUT2D eigenvalue weighted by Gasteiger charge is 2.06. The third-order valence-electron chi connectivity index (χ3n) is 5.98. The van der Waals surface area contributed by atoms with Crippen molar-refractivity contribution in [2.24, 2.45) is 0 Å². The number of nitrogens with zero attached hydrogens (tertiary/aromatic N) is 1. The zero-order valence-electron chi connectivity index (χ0n) is 20.0. The van der Waals surface area contributed by atoms with Gasteiger partial charge in [0.15, 0.2) is 0 Å². The number of rotatable bonds is 18. The lowest BCUT2D eigenvalue weighted by Gasteiger charge is -2.22. The van der Waals surface area contributed by atoms with Crippen LogP contribution in [0.1, 0.15) is 95.1 Å². The maximum atomic E-state index is 2.59. The van der Waals surface area contributed by atoms with Gasteiger partial charge in [-0.2, -0.15) is 0 Å². The van der Waals surface area contributed by atoms with E-state index in [1.165, 1.54) is 88.2 Å². The van der Waals surface area contributed by atoms with Gasteiger partial charge in [-0.25, -0.2) is 0 Å². The lowest BCUT2D eigenvalue weighted by atomic mass is 10.1. The van der Waals surface area contributed by atoms with Crippen LogP contribution in [0.3, 0.4) is 0 Å². The van der Waals surface area contributed by atoms with Crippen LogP contribution in [0, 0.1) is 0 Å². The van der Waals surface area contributed by atoms with E-state index in [1.807, 2.05) is 0 Å². The molecule has 31 heavy (non-hydrogen) atoms. The van der Waals surface area contributed by atoms with Crippen LogP contribution in [0.4, 0.5) is 0 Å². The van der Waals surface area contributed by atoms with Crippen molar-refractivity contribution in [2.45, 2.75) is 97.1 Å². The molecule has 0 saturated carbocycles. The molecule has 0 heterocycles. The third-order valence-corrected chi connectivity index (χ3v) is 5.98. The van der Waals surface area contributed by atoms with Crippen molar-refractivity contribution in [3.63, 3.8) is 0 Å². The minimum Gasteiger partial charge on any atom is -0.295 e. The summed E-state index contributed by atoms with van der Waals surface area (Å²) in [6.07, 6.45) is 21.2. The number of hydrogen-bond acceptors (Lipinski definition) is 1. The number of unbranched alkanes of at least 4 members (excludes halogenated alkanes) is 10. The quantitative estimate of drug-likeness (QED) is 0.172. The van der Waals surface area contributed by atoms with Crippen molar-refractivity contribution >= 4 is 0 Å². The molecule has 0 bridgehead atoms. The Balaban J connectivity index is 1.57. The van der Waals surface area contributed by atoms with Crippen molar-refractivity contribution in [3.8, 4) is 0 Å². The zero-order valence-corrected chi connectivity index (χ0v) is 20.0. The van der Waals surface area contributed by atoms with E-state index < -0.39 is 0 Å². The molecule has 2 aromatic carbocycles. The maximum absolute atomic E-state index is 2.59. The second kappa shape index (κ2) is 17.8. The SMILES string of the molecule is CCCCCCCCCC/C=C/CCCCN(Cc1ccccc1)Cc1ccccc1. The first-order chi connectivity index (χ1) is 15.4. The topological polar surface area (TPSA) is 3.24 Å². The van der Waals surface area contributed by atoms with Gasteiger partial charge in [-0.1, -0.05) is 125 Å². The molecule has 2 aromatic rings. The first-order valence-electron chi connectivity index (χ1n) is 12.8. The van der Waals surface area contributed by atoms with Crippen molar-refractivity contribution in [1.82, 2.24) is 4.90 Å². The Hall–Kier alpha value is -1.86. The molecule has 0 aliphatic rings. The van der Waals surface area contributed by atoms with Gasteiger partial charge in [0.2, 0.25) is 0 Å². The van der Waals surface area contributed by atoms with Crippen LogP contribution in [0.25, 0.3) is 0 Å². The summed E-state index contributed by atoms with van der Waals surface area (Å²) in [5.74, 6) is 0. The molecule has 0 aromatic heterocycles. The lowest BCUT2D eigenvalue weighted by Crippen LogP contribution is -2.24. The van der Waals surface area contributed by atoms with Crippen LogP contribution in [-0.2, 0) is 13.1 Å². The summed E-state index contributed by atoms with van der Waals surface area (Å²) in [7, 11) is 0. The van der Waals surface area contributed by atoms with Crippen LogP contribution in [-0.4, -0.2) is 11.4 Å². The number of hydrogen-bond donors (Lipinski definition) is 0. The standard InChI is InChI=1S/C30H45N/c1-2-3-4-5-6-7-8-9-10-11-12-13-14-21-26-31(27-29-22-17-15-18-23-29)28-30-24-19-16-20-25-30/h11-12,15-20,22-25H,2-10,13-14,21,26-28H2,1H3/b12-11+. The molecular formula is C30H45N. The lowest BCUT2D eigenvalue weighted by molar-refractivity contribution is 0.251. The van der Waals surface area contributed by atoms with Crippen molar-refractivity contribution in [2.75, 3.05) is 6.54 Å². The average Bonchev–Trinajstić information content (AvgIpc) is 2.80. The molecule has 0 fully saturated rings. The van der Waals surface area contributed by atoms with Crippen LogP contribution in [0.2, 0.25) is 0 Å². The Kier molecular flexibility index (Phi) is 14.6. The van der Waals surface area contributed by atoms with Crippen molar-refractivity contribution < 1.29 is 0 Å². The van der Waals surface area contributed by atoms with Gasteiger partial charge in [0.1, 0.15) is 0 Å². The predicted molar refractivity (Wildman–Crippen MR) is 137 cm³/mol. The van der Waals surface area contributed by atoms with Gasteiger partial charge in [-0.15, -0.1) is 0 Å². The van der Waals surface area contributed by atoms with Gasteiger partial charge < -0.3 is 0 Å². The molecule has 0 radical (unpaired) electrons. The highest BCUT2D eigenvalue weighted by molar-refractivity contribution is 5.17. The molecular weight excluding hydrogens is 374 g/mol. The van der Waals surface area contributed by atoms with Gasteiger partial charge >= 0.3 is 0 Å². The van der Waals surface area contributed by atoms with Crippen molar-refractivity contribution in [1.29, 1.82) is 0 Å². The fourth-order valence-electron chi connectivity index (χ4n) is 4.13. The molecule has 0 aliphatic carbocycles. The first-order valence-corrected chi connectivity index (χ1v) is 12.8. The van der Waals surface area contributed by atoms with E-state index in [9.17, 15) is 0 Å². The molecule has 0 unspecified atom stereocenters. The van der Waals surface area contributed by atoms with Gasteiger partial charge in [0.05, 0.1) is 0 Å². The summed E-state index contributed by atoms with van der Waals surface area (Å²) in [4.78, 5) is 2.59. The van der Waals surface area contributed by atoms with Gasteiger partial charge in [-0.05, 0) is 49.8 Å². The highest BCUT2D eigenvalue weighted by atomic mass is 15.1. The average molecular weight is 420 g/mol. The van der Waals surface area contributed by atoms with Crippen molar-refractivity contribution in [3.05, 3.63) is 83.9 Å². The summed E-state index contributed by atoms with van der Waals surface area (Å²) in [6.45, 7) is 5.52. The largest absolute Gasteiger partial charge is 0.295 e. The van der Waals surface area contributed by atoms with E-state index in [-0.39, 0.29) is 0 Å². The molecule has 0 spiro atoms. The minimum atomic E-state index is 1.03. The second-order valence-electron chi connectivity index (χ2n) is 8.91. The molecule has 2 rings (SSSR count). The van der Waals surface area contributed by atoms with Gasteiger partial charge in [-0.3, -0.25) is 4.90 Å². The molecule has 1 nitrogen and oxygen atoms in total. The van der Waals surface area contributed by atoms with E-state index in [0.717, 1.165) is 19.6 Å². The Labute approximate surface area is 192 Å². The Bertz CT molecular complexity index is 620. The summed E-state index contributed by atoms with van der Waals surface area (Å²) in [5.41, 5.74) is 2.81. The van der Waals surface area contributed by atoms with Crippen LogP contribution in [0.5, 0.6) is 0 Å². The fraction of sp³-hybridized carbons (Fsp3) is 0.533. The summed E-state index contributed by atoms with van der Waals surface area (Å²) in [5, 5.41) is 0. The molecule has 0 amide bonds. The van der Waals surface area contributed by atoms with Gasteiger partial charge in [0, 0.05) is 13.1 Å². The van der Waals surface area contributed by atoms with Crippen LogP contribution >= 0.6 is 0 Å². The van der Waals surface area contributed by atoms with E-state index in [4.69, 9.17) is 0 Å². The molecule has 0 N–H and O–H groups in total. The normalized spacial score (nSPS) is 11.5. The zero-order chi connectivity index (χ0) is 21.8. The van der Waals surface area contributed by atoms with E-state index in [0.29, 0.717) is 0 Å². The summed E-state index contributed by atoms with van der Waals surface area (Å²) >= 11 is 0. The maximum Gasteiger partial charge on any atom is 0.0237 e. The monoisotopic (exact) mass is 419 g/mol. The molecule has 0 atom stereocenters. The Morgan fingerprint density at radius 1 is 0.548 bits per heavy atom. The van der Waals surface area contributed by atoms with E-state index >= 15 is 0 Å². The predicted octanol–water partition coefficient (Wildman–Crippen LogP) is 8.95. The smallest absolute Gasteiger partial charge is 0.0237 e. The summed E-state index contributed by atoms with van der Waals surface area (Å²) in [6, 6.07) is 21.8. The first kappa shape index (κ1) is 25.4. The van der Waals surface area contributed by atoms with Crippen LogP contribution < -0.4 is 0 Å². The summed E-state index contributed by atoms with van der Waals surface area (Å²) < 4.78 is 0. The number of benzene rings is 2. The molecule has 0 saturated heterocycles. The van der Waals surface area contributed by atoms with E-state index in [1.54, 1.807) is 0 Å². The highest BCUT2D eigenvalue weighted by Crippen LogP contribution is 2.13. The Morgan fingerprint density at radius 3 is 1.52 bits per heavy atom. The third kappa shape index (κ3) is 13.2. The second-order valence-corrected chi connectivity index (χ2v) is 8.91. The molecule has 0 aliphatic heterocycles. The van der Waals surface area contributed by atoms with Crippen LogP contribution in [0.15, 0.2) is 72.8 Å². The van der Waals surface area contributed by atoms with E-state index in [2.05, 4.69) is 84.6 Å². The number of allylic oxidation sites excluding steroid dienone is 2. The Morgan fingerprint density at radius 2 is 1.00 bits per heavy atom.